The molecular formula is C13H21NO2. The van der Waals surface area contributed by atoms with Crippen molar-refractivity contribution in [3.05, 3.63) is 29.8 Å². The van der Waals surface area contributed by atoms with Gasteiger partial charge in [0.15, 0.2) is 0 Å². The van der Waals surface area contributed by atoms with Crippen LogP contribution in [0.25, 0.3) is 0 Å². The predicted octanol–water partition coefficient (Wildman–Crippen LogP) is 2.07. The van der Waals surface area contributed by atoms with Gasteiger partial charge in [0.2, 0.25) is 0 Å². The zero-order chi connectivity index (χ0) is 12.0. The first-order chi connectivity index (χ1) is 7.72. The summed E-state index contributed by atoms with van der Waals surface area (Å²) >= 11 is 0. The van der Waals surface area contributed by atoms with Gasteiger partial charge in [-0.2, -0.15) is 0 Å². The lowest BCUT2D eigenvalue weighted by molar-refractivity contribution is 0.148. The number of hydrogen-bond acceptors (Lipinski definition) is 3. The zero-order valence-corrected chi connectivity index (χ0v) is 10.3. The van der Waals surface area contributed by atoms with E-state index in [9.17, 15) is 5.11 Å². The Morgan fingerprint density at radius 3 is 2.38 bits per heavy atom. The Balaban J connectivity index is 2.78. The molecule has 0 heterocycles. The summed E-state index contributed by atoms with van der Waals surface area (Å²) < 4.78 is 5.11. The van der Waals surface area contributed by atoms with Crippen molar-refractivity contribution in [3.8, 4) is 5.75 Å². The van der Waals surface area contributed by atoms with Gasteiger partial charge in [-0.15, -0.1) is 0 Å². The number of hydrogen-bond donors (Lipinski definition) is 1. The molecular weight excluding hydrogens is 202 g/mol. The second-order valence-corrected chi connectivity index (χ2v) is 3.95. The Morgan fingerprint density at radius 1 is 1.31 bits per heavy atom. The van der Waals surface area contributed by atoms with Gasteiger partial charge >= 0.3 is 0 Å². The first-order valence-electron chi connectivity index (χ1n) is 5.68. The van der Waals surface area contributed by atoms with Crippen LogP contribution in [0.1, 0.15) is 24.9 Å². The van der Waals surface area contributed by atoms with E-state index >= 15 is 0 Å². The van der Waals surface area contributed by atoms with E-state index < -0.39 is 0 Å². The van der Waals surface area contributed by atoms with Gasteiger partial charge in [0.1, 0.15) is 5.75 Å². The number of likely N-dealkylation sites (N-methyl/N-ethyl adjacent to an activating group) is 1. The van der Waals surface area contributed by atoms with E-state index in [0.29, 0.717) is 0 Å². The highest BCUT2D eigenvalue weighted by Gasteiger charge is 2.14. The second-order valence-electron chi connectivity index (χ2n) is 3.95. The number of rotatable bonds is 6. The monoisotopic (exact) mass is 223 g/mol. The minimum absolute atomic E-state index is 0.0749. The highest BCUT2D eigenvalue weighted by molar-refractivity contribution is 5.29. The van der Waals surface area contributed by atoms with Crippen molar-refractivity contribution in [2.24, 2.45) is 0 Å². The highest BCUT2D eigenvalue weighted by Crippen LogP contribution is 2.21. The van der Waals surface area contributed by atoms with E-state index in [1.807, 2.05) is 31.3 Å². The molecule has 16 heavy (non-hydrogen) atoms. The van der Waals surface area contributed by atoms with Crippen LogP contribution in [0.15, 0.2) is 24.3 Å². The Morgan fingerprint density at radius 2 is 1.94 bits per heavy atom. The Kier molecular flexibility index (Phi) is 5.29. The van der Waals surface area contributed by atoms with Crippen molar-refractivity contribution in [2.45, 2.75) is 19.4 Å². The van der Waals surface area contributed by atoms with Crippen molar-refractivity contribution in [2.75, 3.05) is 27.3 Å². The van der Waals surface area contributed by atoms with Crippen LogP contribution in [0.4, 0.5) is 0 Å². The Bertz CT molecular complexity index is 297. The maximum absolute atomic E-state index is 9.43. The molecule has 0 fully saturated rings. The molecule has 0 radical (unpaired) electrons. The number of aliphatic hydroxyl groups excluding tert-OH is 1. The van der Waals surface area contributed by atoms with Crippen LogP contribution in [0, 0.1) is 0 Å². The molecule has 0 amide bonds. The highest BCUT2D eigenvalue weighted by atomic mass is 16.5. The minimum atomic E-state index is 0.0749. The van der Waals surface area contributed by atoms with Gasteiger partial charge in [0.25, 0.3) is 0 Å². The lowest BCUT2D eigenvalue weighted by Crippen LogP contribution is -2.27. The molecule has 0 spiro atoms. The van der Waals surface area contributed by atoms with Crippen LogP contribution in [-0.2, 0) is 0 Å². The molecule has 90 valence electrons. The number of methoxy groups -OCH3 is 1. The molecule has 1 aromatic carbocycles. The molecule has 1 aromatic rings. The summed E-state index contributed by atoms with van der Waals surface area (Å²) in [7, 11) is 3.69. The van der Waals surface area contributed by atoms with Crippen LogP contribution in [0.2, 0.25) is 0 Å². The summed E-state index contributed by atoms with van der Waals surface area (Å²) in [6.07, 6.45) is 1.09. The normalized spacial score (nSPS) is 12.8. The molecule has 0 bridgehead atoms. The van der Waals surface area contributed by atoms with Gasteiger partial charge in [0, 0.05) is 0 Å². The fourth-order valence-corrected chi connectivity index (χ4v) is 1.83. The number of benzene rings is 1. The number of nitrogens with zero attached hydrogens (tertiary/aromatic N) is 1. The lowest BCUT2D eigenvalue weighted by Gasteiger charge is -2.26. The van der Waals surface area contributed by atoms with Crippen molar-refractivity contribution in [1.82, 2.24) is 4.90 Å². The van der Waals surface area contributed by atoms with Crippen LogP contribution in [0.5, 0.6) is 5.75 Å². The molecule has 1 unspecified atom stereocenters. The molecule has 1 atom stereocenters. The largest absolute Gasteiger partial charge is 0.497 e. The van der Waals surface area contributed by atoms with Crippen molar-refractivity contribution in [3.63, 3.8) is 0 Å². The topological polar surface area (TPSA) is 32.7 Å². The third-order valence-electron chi connectivity index (χ3n) is 2.78. The SMILES string of the molecule is CCCN(C)C(CO)c1ccc(OC)cc1. The maximum atomic E-state index is 9.43. The van der Waals surface area contributed by atoms with Crippen LogP contribution in [-0.4, -0.2) is 37.3 Å². The molecule has 0 aliphatic heterocycles. The third kappa shape index (κ3) is 3.22. The molecule has 3 nitrogen and oxygen atoms in total. The molecule has 0 saturated heterocycles. The number of ether oxygens (including phenoxy) is 1. The molecule has 0 saturated carbocycles. The summed E-state index contributed by atoms with van der Waals surface area (Å²) in [6, 6.07) is 7.94. The van der Waals surface area contributed by atoms with E-state index in [1.165, 1.54) is 0 Å². The van der Waals surface area contributed by atoms with Gasteiger partial charge in [-0.3, -0.25) is 4.90 Å². The van der Waals surface area contributed by atoms with Gasteiger partial charge in [0.05, 0.1) is 19.8 Å². The van der Waals surface area contributed by atoms with E-state index in [0.717, 1.165) is 24.3 Å². The molecule has 0 aliphatic carbocycles. The predicted molar refractivity (Wildman–Crippen MR) is 65.7 cm³/mol. The molecule has 1 rings (SSSR count). The molecule has 0 aromatic heterocycles. The van der Waals surface area contributed by atoms with Crippen LogP contribution < -0.4 is 4.74 Å². The zero-order valence-electron chi connectivity index (χ0n) is 10.3. The summed E-state index contributed by atoms with van der Waals surface area (Å²) in [6.45, 7) is 3.26. The average molecular weight is 223 g/mol. The van der Waals surface area contributed by atoms with E-state index in [-0.39, 0.29) is 12.6 Å². The van der Waals surface area contributed by atoms with E-state index in [2.05, 4.69) is 11.8 Å². The average Bonchev–Trinajstić information content (AvgIpc) is 2.31. The summed E-state index contributed by atoms with van der Waals surface area (Å²) in [5, 5.41) is 9.43. The first kappa shape index (κ1) is 13.0. The van der Waals surface area contributed by atoms with Crippen molar-refractivity contribution in [1.29, 1.82) is 0 Å². The van der Waals surface area contributed by atoms with E-state index in [4.69, 9.17) is 4.74 Å². The third-order valence-corrected chi connectivity index (χ3v) is 2.78. The number of aliphatic hydroxyl groups is 1. The summed E-state index contributed by atoms with van der Waals surface area (Å²) in [5.41, 5.74) is 1.12. The van der Waals surface area contributed by atoms with Crippen molar-refractivity contribution < 1.29 is 9.84 Å². The van der Waals surface area contributed by atoms with Gasteiger partial charge in [-0.05, 0) is 37.7 Å². The quantitative estimate of drug-likeness (QED) is 0.801. The molecule has 1 N–H and O–H groups in total. The molecule has 0 aliphatic rings. The summed E-state index contributed by atoms with van der Waals surface area (Å²) in [5.74, 6) is 0.846. The fraction of sp³-hybridized carbons (Fsp3) is 0.538. The standard InChI is InChI=1S/C13H21NO2/c1-4-9-14(2)13(10-15)11-5-7-12(16-3)8-6-11/h5-8,13,15H,4,9-10H2,1-3H3. The maximum Gasteiger partial charge on any atom is 0.118 e. The van der Waals surface area contributed by atoms with Crippen LogP contribution >= 0.6 is 0 Å². The molecule has 3 heteroatoms. The lowest BCUT2D eigenvalue weighted by atomic mass is 10.1. The minimum Gasteiger partial charge on any atom is -0.497 e. The Hall–Kier alpha value is -1.06. The van der Waals surface area contributed by atoms with Crippen molar-refractivity contribution >= 4 is 0 Å². The fourth-order valence-electron chi connectivity index (χ4n) is 1.83. The second kappa shape index (κ2) is 6.51. The van der Waals surface area contributed by atoms with E-state index in [1.54, 1.807) is 7.11 Å². The van der Waals surface area contributed by atoms with Gasteiger partial charge in [-0.1, -0.05) is 19.1 Å². The summed E-state index contributed by atoms with van der Waals surface area (Å²) in [4.78, 5) is 2.17. The van der Waals surface area contributed by atoms with Crippen LogP contribution in [0.3, 0.4) is 0 Å². The first-order valence-corrected chi connectivity index (χ1v) is 5.68. The van der Waals surface area contributed by atoms with Gasteiger partial charge < -0.3 is 9.84 Å². The van der Waals surface area contributed by atoms with Gasteiger partial charge in [-0.25, -0.2) is 0 Å². The Labute approximate surface area is 97.7 Å². The smallest absolute Gasteiger partial charge is 0.118 e.